The molecule has 1 aliphatic carbocycles. The lowest BCUT2D eigenvalue weighted by atomic mass is 9.63. The van der Waals surface area contributed by atoms with Crippen molar-refractivity contribution in [1.82, 2.24) is 5.32 Å². The second kappa shape index (κ2) is 7.37. The van der Waals surface area contributed by atoms with Crippen molar-refractivity contribution in [3.63, 3.8) is 0 Å². The van der Waals surface area contributed by atoms with E-state index in [1.165, 1.54) is 18.2 Å². The average molecular weight is 321 g/mol. The van der Waals surface area contributed by atoms with E-state index in [-0.39, 0.29) is 13.2 Å². The Kier molecular flexibility index (Phi) is 5.50. The van der Waals surface area contributed by atoms with Gasteiger partial charge < -0.3 is 15.2 Å². The molecule has 1 atom stereocenters. The van der Waals surface area contributed by atoms with Crippen molar-refractivity contribution in [2.75, 3.05) is 13.2 Å². The number of benzene rings is 1. The zero-order valence-electron chi connectivity index (χ0n) is 12.8. The molecule has 1 amide bonds. The van der Waals surface area contributed by atoms with E-state index in [0.29, 0.717) is 18.4 Å². The van der Waals surface area contributed by atoms with E-state index in [0.717, 1.165) is 6.42 Å². The summed E-state index contributed by atoms with van der Waals surface area (Å²) in [7, 11) is 0. The molecule has 1 saturated carbocycles. The van der Waals surface area contributed by atoms with Crippen LogP contribution in [0.1, 0.15) is 24.8 Å². The Morgan fingerprint density at radius 1 is 1.48 bits per heavy atom. The van der Waals surface area contributed by atoms with Crippen molar-refractivity contribution in [2.45, 2.75) is 30.7 Å². The Labute approximate surface area is 134 Å². The molecule has 0 radical (unpaired) electrons. The summed E-state index contributed by atoms with van der Waals surface area (Å²) < 4.78 is 18.6. The molecular weight excluding hydrogens is 301 g/mol. The third kappa shape index (κ3) is 3.76. The van der Waals surface area contributed by atoms with Crippen molar-refractivity contribution < 1.29 is 23.8 Å². The summed E-state index contributed by atoms with van der Waals surface area (Å²) in [6.45, 7) is 3.53. The van der Waals surface area contributed by atoms with Crippen LogP contribution in [-0.4, -0.2) is 36.2 Å². The van der Waals surface area contributed by atoms with Gasteiger partial charge in [-0.1, -0.05) is 24.6 Å². The first-order chi connectivity index (χ1) is 11.0. The largest absolute Gasteiger partial charge is 0.480 e. The molecule has 0 aliphatic heterocycles. The molecule has 1 fully saturated rings. The average Bonchev–Trinajstić information content (AvgIpc) is 2.45. The summed E-state index contributed by atoms with van der Waals surface area (Å²) in [6, 6.07) is 4.76. The summed E-state index contributed by atoms with van der Waals surface area (Å²) in [5.41, 5.74) is -0.272. The molecule has 1 aliphatic rings. The van der Waals surface area contributed by atoms with Crippen LogP contribution >= 0.6 is 0 Å². The predicted octanol–water partition coefficient (Wildman–Crippen LogP) is 2.02. The predicted molar refractivity (Wildman–Crippen MR) is 82.5 cm³/mol. The molecule has 1 aromatic rings. The van der Waals surface area contributed by atoms with E-state index in [1.807, 2.05) is 0 Å². The van der Waals surface area contributed by atoms with Crippen LogP contribution in [0.2, 0.25) is 0 Å². The molecule has 23 heavy (non-hydrogen) atoms. The maximum atomic E-state index is 13.5. The summed E-state index contributed by atoms with van der Waals surface area (Å²) in [4.78, 5) is 23.9. The van der Waals surface area contributed by atoms with E-state index in [9.17, 15) is 19.1 Å². The van der Waals surface area contributed by atoms with Crippen molar-refractivity contribution in [2.24, 2.45) is 0 Å². The quantitative estimate of drug-likeness (QED) is 0.567. The van der Waals surface area contributed by atoms with Gasteiger partial charge in [-0.25, -0.2) is 9.18 Å². The van der Waals surface area contributed by atoms with Crippen molar-refractivity contribution in [1.29, 1.82) is 0 Å². The van der Waals surface area contributed by atoms with Crippen molar-refractivity contribution in [3.05, 3.63) is 48.3 Å². The first-order valence-corrected chi connectivity index (χ1v) is 7.48. The van der Waals surface area contributed by atoms with Gasteiger partial charge in [0.05, 0.1) is 18.6 Å². The first kappa shape index (κ1) is 17.1. The number of carbonyl (C=O) groups excluding carboxylic acids is 1. The molecular formula is C17H20FNO4. The Morgan fingerprint density at radius 3 is 2.74 bits per heavy atom. The first-order valence-electron chi connectivity index (χ1n) is 7.48. The van der Waals surface area contributed by atoms with Crippen LogP contribution in [0.5, 0.6) is 0 Å². The zero-order valence-corrected chi connectivity index (χ0v) is 12.8. The van der Waals surface area contributed by atoms with Crippen LogP contribution in [0, 0.1) is 5.82 Å². The van der Waals surface area contributed by atoms with Gasteiger partial charge in [-0.3, -0.25) is 4.79 Å². The van der Waals surface area contributed by atoms with Gasteiger partial charge in [0, 0.05) is 0 Å². The fourth-order valence-corrected chi connectivity index (χ4v) is 2.70. The summed E-state index contributed by atoms with van der Waals surface area (Å²) >= 11 is 0. The molecule has 5 nitrogen and oxygen atoms in total. The van der Waals surface area contributed by atoms with Crippen LogP contribution in [0.3, 0.4) is 0 Å². The number of rotatable bonds is 8. The van der Waals surface area contributed by atoms with Crippen molar-refractivity contribution in [3.8, 4) is 0 Å². The minimum Gasteiger partial charge on any atom is -0.480 e. The number of carboxylic acids is 1. The fraction of sp³-hybridized carbons (Fsp3) is 0.412. The molecule has 124 valence electrons. The van der Waals surface area contributed by atoms with E-state index in [2.05, 4.69) is 11.9 Å². The smallest absolute Gasteiger partial charge is 0.328 e. The number of hydrogen-bond donors (Lipinski definition) is 2. The number of carbonyl (C=O) groups is 2. The third-order valence-corrected chi connectivity index (χ3v) is 4.14. The molecule has 2 rings (SSSR count). The SMILES string of the molecule is C=CCOCC(NC(=O)C1(c2cccc(F)c2)CCC1)C(=O)O. The lowest BCUT2D eigenvalue weighted by molar-refractivity contribution is -0.145. The zero-order chi connectivity index (χ0) is 16.9. The van der Waals surface area contributed by atoms with Crippen LogP contribution in [0.4, 0.5) is 4.39 Å². The highest BCUT2D eigenvalue weighted by atomic mass is 19.1. The minimum absolute atomic E-state index is 0.147. The monoisotopic (exact) mass is 321 g/mol. The van der Waals surface area contributed by atoms with Gasteiger partial charge in [-0.05, 0) is 30.5 Å². The van der Waals surface area contributed by atoms with E-state index in [1.54, 1.807) is 12.1 Å². The van der Waals surface area contributed by atoms with Gasteiger partial charge in [0.2, 0.25) is 5.91 Å². The highest BCUT2D eigenvalue weighted by Gasteiger charge is 2.46. The molecule has 0 aromatic heterocycles. The summed E-state index contributed by atoms with van der Waals surface area (Å²) in [6.07, 6.45) is 3.49. The number of amides is 1. The third-order valence-electron chi connectivity index (χ3n) is 4.14. The van der Waals surface area contributed by atoms with Crippen LogP contribution in [-0.2, 0) is 19.7 Å². The number of nitrogens with one attached hydrogen (secondary N) is 1. The second-order valence-corrected chi connectivity index (χ2v) is 5.64. The Bertz CT molecular complexity index is 598. The van der Waals surface area contributed by atoms with Gasteiger partial charge >= 0.3 is 5.97 Å². The van der Waals surface area contributed by atoms with E-state index < -0.39 is 29.2 Å². The molecule has 1 unspecified atom stereocenters. The lowest BCUT2D eigenvalue weighted by Crippen LogP contribution is -2.55. The summed E-state index contributed by atoms with van der Waals surface area (Å²) in [5, 5.41) is 11.7. The maximum absolute atomic E-state index is 13.5. The van der Waals surface area contributed by atoms with Gasteiger partial charge in [-0.15, -0.1) is 6.58 Å². The molecule has 0 bridgehead atoms. The van der Waals surface area contributed by atoms with E-state index >= 15 is 0 Å². The van der Waals surface area contributed by atoms with Crippen LogP contribution in [0.15, 0.2) is 36.9 Å². The van der Waals surface area contributed by atoms with Gasteiger partial charge in [-0.2, -0.15) is 0 Å². The Balaban J connectivity index is 2.12. The van der Waals surface area contributed by atoms with Crippen LogP contribution in [0.25, 0.3) is 0 Å². The molecule has 1 aromatic carbocycles. The Hall–Kier alpha value is -2.21. The van der Waals surface area contributed by atoms with Gasteiger partial charge in [0.25, 0.3) is 0 Å². The maximum Gasteiger partial charge on any atom is 0.328 e. The molecule has 0 spiro atoms. The number of hydrogen-bond acceptors (Lipinski definition) is 3. The number of halogens is 1. The minimum atomic E-state index is -1.17. The van der Waals surface area contributed by atoms with Crippen molar-refractivity contribution >= 4 is 11.9 Å². The van der Waals surface area contributed by atoms with E-state index in [4.69, 9.17) is 4.74 Å². The number of aliphatic carboxylic acids is 1. The molecule has 0 saturated heterocycles. The fourth-order valence-electron chi connectivity index (χ4n) is 2.70. The van der Waals surface area contributed by atoms with Crippen LogP contribution < -0.4 is 5.32 Å². The topological polar surface area (TPSA) is 75.6 Å². The summed E-state index contributed by atoms with van der Waals surface area (Å²) in [5.74, 6) is -1.98. The highest BCUT2D eigenvalue weighted by molar-refractivity contribution is 5.92. The molecule has 0 heterocycles. The Morgan fingerprint density at radius 2 is 2.22 bits per heavy atom. The highest BCUT2D eigenvalue weighted by Crippen LogP contribution is 2.44. The number of carboxylic acid groups (broad SMARTS) is 1. The normalized spacial score (nSPS) is 16.9. The molecule has 2 N–H and O–H groups in total. The van der Waals surface area contributed by atoms with Gasteiger partial charge in [0.15, 0.2) is 6.04 Å². The second-order valence-electron chi connectivity index (χ2n) is 5.64. The lowest BCUT2D eigenvalue weighted by Gasteiger charge is -2.41. The van der Waals surface area contributed by atoms with Gasteiger partial charge in [0.1, 0.15) is 5.82 Å². The number of ether oxygens (including phenoxy) is 1. The molecule has 6 heteroatoms. The standard InChI is InChI=1S/C17H20FNO4/c1-2-9-23-11-14(15(20)21)19-16(22)17(7-4-8-17)12-5-3-6-13(18)10-12/h2-3,5-6,10,14H,1,4,7-9,11H2,(H,19,22)(H,20,21).